The number of rotatable bonds is 3. The van der Waals surface area contributed by atoms with Crippen LogP contribution in [0.25, 0.3) is 0 Å². The van der Waals surface area contributed by atoms with Crippen LogP contribution >= 0.6 is 11.3 Å². The van der Waals surface area contributed by atoms with Gasteiger partial charge in [-0.1, -0.05) is 0 Å². The summed E-state index contributed by atoms with van der Waals surface area (Å²) in [6.45, 7) is 2.35. The van der Waals surface area contributed by atoms with E-state index >= 15 is 0 Å². The Labute approximate surface area is 163 Å². The molecule has 4 rings (SSSR count). The number of piperidine rings is 1. The molecular weight excluding hydrogens is 384 g/mol. The first-order valence-corrected chi connectivity index (χ1v) is 11.8. The molecule has 2 saturated heterocycles. The van der Waals surface area contributed by atoms with Crippen LogP contribution in [0.5, 0.6) is 0 Å². The van der Waals surface area contributed by atoms with Gasteiger partial charge in [0.05, 0.1) is 22.1 Å². The van der Waals surface area contributed by atoms with E-state index in [4.69, 9.17) is 0 Å². The Kier molecular flexibility index (Phi) is 5.14. The SMILES string of the molecule is O=C(c1ccc(N2CCCC(c3nccs3)C2)nc1)N1CCS(=O)(=O)CC1. The summed E-state index contributed by atoms with van der Waals surface area (Å²) in [4.78, 5) is 25.4. The van der Waals surface area contributed by atoms with Crippen LogP contribution < -0.4 is 4.90 Å². The second-order valence-corrected chi connectivity index (χ2v) is 10.2. The lowest BCUT2D eigenvalue weighted by molar-refractivity contribution is 0.0770. The van der Waals surface area contributed by atoms with Crippen LogP contribution in [0.15, 0.2) is 29.9 Å². The molecule has 27 heavy (non-hydrogen) atoms. The maximum Gasteiger partial charge on any atom is 0.255 e. The van der Waals surface area contributed by atoms with Crippen molar-refractivity contribution in [1.29, 1.82) is 0 Å². The minimum absolute atomic E-state index is 0.0379. The van der Waals surface area contributed by atoms with Crippen molar-refractivity contribution in [2.75, 3.05) is 42.6 Å². The largest absolute Gasteiger partial charge is 0.356 e. The smallest absolute Gasteiger partial charge is 0.255 e. The zero-order chi connectivity index (χ0) is 18.9. The Hall–Kier alpha value is -2.00. The molecule has 0 N–H and O–H groups in total. The summed E-state index contributed by atoms with van der Waals surface area (Å²) in [5.74, 6) is 1.22. The summed E-state index contributed by atoms with van der Waals surface area (Å²) in [5, 5.41) is 3.19. The molecule has 144 valence electrons. The second kappa shape index (κ2) is 7.55. The molecule has 1 atom stereocenters. The molecule has 0 aromatic carbocycles. The molecule has 0 radical (unpaired) electrons. The van der Waals surface area contributed by atoms with Gasteiger partial charge in [-0.25, -0.2) is 18.4 Å². The first-order chi connectivity index (χ1) is 13.0. The Morgan fingerprint density at radius 3 is 2.63 bits per heavy atom. The van der Waals surface area contributed by atoms with Crippen molar-refractivity contribution >= 4 is 32.9 Å². The summed E-state index contributed by atoms with van der Waals surface area (Å²) in [6.07, 6.45) is 5.69. The quantitative estimate of drug-likeness (QED) is 0.773. The third kappa shape index (κ3) is 4.14. The number of hydrogen-bond donors (Lipinski definition) is 0. The minimum Gasteiger partial charge on any atom is -0.356 e. The second-order valence-electron chi connectivity index (χ2n) is 7.00. The normalized spacial score (nSPS) is 22.6. The van der Waals surface area contributed by atoms with E-state index in [9.17, 15) is 13.2 Å². The molecule has 7 nitrogen and oxygen atoms in total. The molecule has 2 aromatic rings. The van der Waals surface area contributed by atoms with Gasteiger partial charge in [-0.05, 0) is 25.0 Å². The fraction of sp³-hybridized carbons (Fsp3) is 0.500. The number of aromatic nitrogens is 2. The van der Waals surface area contributed by atoms with E-state index in [0.717, 1.165) is 31.7 Å². The maximum absolute atomic E-state index is 12.6. The number of nitrogens with zero attached hydrogens (tertiary/aromatic N) is 4. The van der Waals surface area contributed by atoms with Crippen LogP contribution in [0.2, 0.25) is 0 Å². The lowest BCUT2D eigenvalue weighted by Gasteiger charge is -2.32. The van der Waals surface area contributed by atoms with Gasteiger partial charge in [0, 0.05) is 49.9 Å². The van der Waals surface area contributed by atoms with Gasteiger partial charge in [0.2, 0.25) is 0 Å². The zero-order valence-electron chi connectivity index (χ0n) is 15.0. The molecule has 2 aromatic heterocycles. The monoisotopic (exact) mass is 406 g/mol. The van der Waals surface area contributed by atoms with Gasteiger partial charge in [0.25, 0.3) is 5.91 Å². The minimum atomic E-state index is -3.00. The van der Waals surface area contributed by atoms with E-state index in [-0.39, 0.29) is 30.5 Å². The van der Waals surface area contributed by atoms with Crippen LogP contribution in [0.3, 0.4) is 0 Å². The summed E-state index contributed by atoms with van der Waals surface area (Å²) in [6, 6.07) is 3.68. The van der Waals surface area contributed by atoms with E-state index in [1.54, 1.807) is 28.5 Å². The van der Waals surface area contributed by atoms with Crippen molar-refractivity contribution in [3.63, 3.8) is 0 Å². The van der Waals surface area contributed by atoms with Crippen molar-refractivity contribution < 1.29 is 13.2 Å². The summed E-state index contributed by atoms with van der Waals surface area (Å²) in [5.41, 5.74) is 0.506. The first kappa shape index (κ1) is 18.4. The Morgan fingerprint density at radius 2 is 1.96 bits per heavy atom. The van der Waals surface area contributed by atoms with Crippen molar-refractivity contribution in [2.24, 2.45) is 0 Å². The van der Waals surface area contributed by atoms with Crippen LogP contribution in [-0.4, -0.2) is 66.9 Å². The van der Waals surface area contributed by atoms with E-state index < -0.39 is 9.84 Å². The van der Waals surface area contributed by atoms with Crippen molar-refractivity contribution in [1.82, 2.24) is 14.9 Å². The van der Waals surface area contributed by atoms with E-state index in [1.165, 1.54) is 5.01 Å². The molecule has 1 unspecified atom stereocenters. The highest BCUT2D eigenvalue weighted by atomic mass is 32.2. The summed E-state index contributed by atoms with van der Waals surface area (Å²) >= 11 is 1.70. The molecule has 0 aliphatic carbocycles. The predicted octanol–water partition coefficient (Wildman–Crippen LogP) is 1.79. The number of anilines is 1. The van der Waals surface area contributed by atoms with Crippen LogP contribution in [0.1, 0.15) is 34.1 Å². The Morgan fingerprint density at radius 1 is 1.15 bits per heavy atom. The third-order valence-electron chi connectivity index (χ3n) is 5.17. The lowest BCUT2D eigenvalue weighted by Crippen LogP contribution is -2.43. The topological polar surface area (TPSA) is 83.5 Å². The molecule has 1 amide bonds. The van der Waals surface area contributed by atoms with Gasteiger partial charge in [-0.3, -0.25) is 4.79 Å². The average molecular weight is 407 g/mol. The number of carbonyl (C=O) groups is 1. The number of amides is 1. The molecular formula is C18H22N4O3S2. The Balaban J connectivity index is 1.42. The highest BCUT2D eigenvalue weighted by Crippen LogP contribution is 2.30. The predicted molar refractivity (Wildman–Crippen MR) is 105 cm³/mol. The Bertz CT molecular complexity index is 883. The summed E-state index contributed by atoms with van der Waals surface area (Å²) in [7, 11) is -3.00. The number of pyridine rings is 1. The third-order valence-corrected chi connectivity index (χ3v) is 7.72. The van der Waals surface area contributed by atoms with E-state index in [2.05, 4.69) is 14.9 Å². The molecule has 4 heterocycles. The average Bonchev–Trinajstić information content (AvgIpc) is 3.23. The van der Waals surface area contributed by atoms with Crippen LogP contribution in [0, 0.1) is 0 Å². The van der Waals surface area contributed by atoms with Crippen molar-refractivity contribution in [3.8, 4) is 0 Å². The van der Waals surface area contributed by atoms with E-state index in [1.807, 2.05) is 17.6 Å². The standard InChI is InChI=1S/C18H22N4O3S2/c23-18(21-7-10-27(24,25)11-8-21)14-3-4-16(20-12-14)22-6-1-2-15(13-22)17-19-5-9-26-17/h3-5,9,12,15H,1-2,6-8,10-11,13H2. The first-order valence-electron chi connectivity index (χ1n) is 9.12. The molecule has 0 spiro atoms. The van der Waals surface area contributed by atoms with Gasteiger partial charge in [0.15, 0.2) is 9.84 Å². The zero-order valence-corrected chi connectivity index (χ0v) is 16.6. The van der Waals surface area contributed by atoms with Crippen molar-refractivity contribution in [3.05, 3.63) is 40.5 Å². The molecule has 2 aliphatic heterocycles. The lowest BCUT2D eigenvalue weighted by atomic mass is 9.99. The van der Waals surface area contributed by atoms with Gasteiger partial charge in [0.1, 0.15) is 5.82 Å². The van der Waals surface area contributed by atoms with Gasteiger partial charge in [-0.15, -0.1) is 11.3 Å². The number of sulfone groups is 1. The fourth-order valence-electron chi connectivity index (χ4n) is 3.62. The van der Waals surface area contributed by atoms with Gasteiger partial charge in [-0.2, -0.15) is 0 Å². The van der Waals surface area contributed by atoms with Gasteiger partial charge >= 0.3 is 0 Å². The van der Waals surface area contributed by atoms with Crippen LogP contribution in [-0.2, 0) is 9.84 Å². The molecule has 0 saturated carbocycles. The highest BCUT2D eigenvalue weighted by Gasteiger charge is 2.27. The fourth-order valence-corrected chi connectivity index (χ4v) is 5.59. The molecule has 2 fully saturated rings. The van der Waals surface area contributed by atoms with Crippen molar-refractivity contribution in [2.45, 2.75) is 18.8 Å². The summed E-state index contributed by atoms with van der Waals surface area (Å²) < 4.78 is 23.1. The van der Waals surface area contributed by atoms with Gasteiger partial charge < -0.3 is 9.80 Å². The number of carbonyl (C=O) groups excluding carboxylic acids is 1. The molecule has 9 heteroatoms. The van der Waals surface area contributed by atoms with E-state index in [0.29, 0.717) is 11.5 Å². The number of thiazole rings is 1. The molecule has 0 bridgehead atoms. The molecule has 2 aliphatic rings. The number of hydrogen-bond acceptors (Lipinski definition) is 7. The maximum atomic E-state index is 12.6. The van der Waals surface area contributed by atoms with Crippen LogP contribution in [0.4, 0.5) is 5.82 Å². The highest BCUT2D eigenvalue weighted by molar-refractivity contribution is 7.91.